The van der Waals surface area contributed by atoms with E-state index in [0.29, 0.717) is 13.0 Å². The number of hydrogen-bond donors (Lipinski definition) is 1. The Morgan fingerprint density at radius 3 is 2.75 bits per heavy atom. The molecule has 66 valence electrons. The van der Waals surface area contributed by atoms with Crippen LogP contribution in [0.1, 0.15) is 17.8 Å². The van der Waals surface area contributed by atoms with Crippen LogP contribution in [0.4, 0.5) is 0 Å². The van der Waals surface area contributed by atoms with E-state index < -0.39 is 0 Å². The van der Waals surface area contributed by atoms with E-state index in [1.165, 1.54) is 0 Å². The maximum atomic E-state index is 10.5. The molecule has 0 atom stereocenters. The van der Waals surface area contributed by atoms with E-state index in [4.69, 9.17) is 5.73 Å². The maximum absolute atomic E-state index is 10.5. The highest BCUT2D eigenvalue weighted by Gasteiger charge is 2.02. The van der Waals surface area contributed by atoms with Crippen molar-refractivity contribution in [1.29, 1.82) is 0 Å². The molecule has 0 aliphatic carbocycles. The first-order valence-corrected chi connectivity index (χ1v) is 3.88. The van der Waals surface area contributed by atoms with Crippen LogP contribution in [0.15, 0.2) is 6.33 Å². The molecule has 0 fully saturated rings. The zero-order valence-electron chi connectivity index (χ0n) is 7.37. The van der Waals surface area contributed by atoms with E-state index in [1.807, 2.05) is 18.4 Å². The molecule has 1 amide bonds. The van der Waals surface area contributed by atoms with Gasteiger partial charge in [-0.05, 0) is 13.8 Å². The molecule has 0 bridgehead atoms. The molecule has 12 heavy (non-hydrogen) atoms. The number of amides is 1. The summed E-state index contributed by atoms with van der Waals surface area (Å²) in [5.74, 6) is -0.277. The number of aromatic nitrogens is 2. The van der Waals surface area contributed by atoms with Gasteiger partial charge in [0, 0.05) is 18.7 Å². The first kappa shape index (κ1) is 8.77. The van der Waals surface area contributed by atoms with Gasteiger partial charge in [0.1, 0.15) is 0 Å². The number of primary amides is 1. The second-order valence-electron chi connectivity index (χ2n) is 2.83. The predicted octanol–water partition coefficient (Wildman–Crippen LogP) is 0.375. The highest BCUT2D eigenvalue weighted by molar-refractivity contribution is 5.73. The van der Waals surface area contributed by atoms with E-state index in [9.17, 15) is 4.79 Å². The van der Waals surface area contributed by atoms with Gasteiger partial charge in [-0.3, -0.25) is 4.79 Å². The zero-order valence-corrected chi connectivity index (χ0v) is 7.37. The number of carbonyl (C=O) groups excluding carboxylic acids is 1. The summed E-state index contributed by atoms with van der Waals surface area (Å²) in [6.07, 6.45) is 2.10. The average molecular weight is 167 g/mol. The van der Waals surface area contributed by atoms with Gasteiger partial charge < -0.3 is 10.3 Å². The summed E-state index contributed by atoms with van der Waals surface area (Å²) in [4.78, 5) is 14.6. The maximum Gasteiger partial charge on any atom is 0.219 e. The number of nitrogens with two attached hydrogens (primary N) is 1. The first-order valence-electron chi connectivity index (χ1n) is 3.88. The smallest absolute Gasteiger partial charge is 0.219 e. The topological polar surface area (TPSA) is 60.9 Å². The zero-order chi connectivity index (χ0) is 9.14. The largest absolute Gasteiger partial charge is 0.370 e. The van der Waals surface area contributed by atoms with E-state index in [-0.39, 0.29) is 5.91 Å². The fourth-order valence-electron chi connectivity index (χ4n) is 1.00. The number of imidazole rings is 1. The summed E-state index contributed by atoms with van der Waals surface area (Å²) in [6, 6.07) is 0. The van der Waals surface area contributed by atoms with Gasteiger partial charge in [0.15, 0.2) is 0 Å². The Labute approximate surface area is 71.4 Å². The summed E-state index contributed by atoms with van der Waals surface area (Å²) in [6.45, 7) is 4.54. The number of nitrogens with zero attached hydrogens (tertiary/aromatic N) is 2. The monoisotopic (exact) mass is 167 g/mol. The molecule has 4 nitrogen and oxygen atoms in total. The Morgan fingerprint density at radius 2 is 2.33 bits per heavy atom. The van der Waals surface area contributed by atoms with Crippen LogP contribution in [-0.2, 0) is 11.3 Å². The van der Waals surface area contributed by atoms with Gasteiger partial charge in [-0.25, -0.2) is 4.98 Å². The highest BCUT2D eigenvalue weighted by Crippen LogP contribution is 2.04. The van der Waals surface area contributed by atoms with E-state index in [1.54, 1.807) is 6.33 Å². The molecule has 1 aromatic rings. The molecule has 0 aromatic carbocycles. The van der Waals surface area contributed by atoms with Crippen molar-refractivity contribution in [3.63, 3.8) is 0 Å². The number of carbonyl (C=O) groups is 1. The van der Waals surface area contributed by atoms with Crippen LogP contribution in [0.3, 0.4) is 0 Å². The number of rotatable bonds is 3. The molecule has 1 heterocycles. The summed E-state index contributed by atoms with van der Waals surface area (Å²) in [7, 11) is 0. The number of aryl methyl sites for hydroxylation is 2. The van der Waals surface area contributed by atoms with Crippen molar-refractivity contribution in [3.05, 3.63) is 17.7 Å². The minimum atomic E-state index is -0.277. The van der Waals surface area contributed by atoms with Gasteiger partial charge in [0.25, 0.3) is 0 Å². The lowest BCUT2D eigenvalue weighted by atomic mass is 10.3. The van der Waals surface area contributed by atoms with Gasteiger partial charge in [-0.2, -0.15) is 0 Å². The molecule has 1 aromatic heterocycles. The predicted molar refractivity (Wildman–Crippen MR) is 45.5 cm³/mol. The lowest BCUT2D eigenvalue weighted by molar-refractivity contribution is -0.118. The van der Waals surface area contributed by atoms with Crippen molar-refractivity contribution in [2.24, 2.45) is 5.73 Å². The van der Waals surface area contributed by atoms with E-state index in [2.05, 4.69) is 4.98 Å². The molecule has 4 heteroatoms. The Balaban J connectivity index is 2.63. The van der Waals surface area contributed by atoms with Crippen molar-refractivity contribution in [2.75, 3.05) is 0 Å². The normalized spacial score (nSPS) is 10.2. The van der Waals surface area contributed by atoms with Gasteiger partial charge in [0.2, 0.25) is 5.91 Å². The standard InChI is InChI=1S/C8H13N3O/c1-6-7(2)11(5-10-6)4-3-8(9)12/h5H,3-4H2,1-2H3,(H2,9,12). The Kier molecular flexibility index (Phi) is 2.47. The second kappa shape index (κ2) is 3.38. The molecule has 0 radical (unpaired) electrons. The summed E-state index contributed by atoms with van der Waals surface area (Å²) < 4.78 is 1.93. The highest BCUT2D eigenvalue weighted by atomic mass is 16.1. The van der Waals surface area contributed by atoms with E-state index in [0.717, 1.165) is 11.4 Å². The SMILES string of the molecule is Cc1ncn(CCC(N)=O)c1C. The van der Waals surface area contributed by atoms with Crippen LogP contribution in [0, 0.1) is 13.8 Å². The fraction of sp³-hybridized carbons (Fsp3) is 0.500. The quantitative estimate of drug-likeness (QED) is 0.707. The Morgan fingerprint density at radius 1 is 1.67 bits per heavy atom. The van der Waals surface area contributed by atoms with Gasteiger partial charge >= 0.3 is 0 Å². The average Bonchev–Trinajstić information content (AvgIpc) is 2.30. The van der Waals surface area contributed by atoms with Crippen LogP contribution in [0.2, 0.25) is 0 Å². The van der Waals surface area contributed by atoms with Crippen LogP contribution in [0.5, 0.6) is 0 Å². The molecule has 1 rings (SSSR count). The first-order chi connectivity index (χ1) is 5.61. The van der Waals surface area contributed by atoms with Crippen LogP contribution in [0.25, 0.3) is 0 Å². The van der Waals surface area contributed by atoms with Gasteiger partial charge in [-0.15, -0.1) is 0 Å². The molecule has 0 saturated carbocycles. The minimum Gasteiger partial charge on any atom is -0.370 e. The summed E-state index contributed by atoms with van der Waals surface area (Å²) >= 11 is 0. The van der Waals surface area contributed by atoms with Crippen LogP contribution < -0.4 is 5.73 Å². The summed E-state index contributed by atoms with van der Waals surface area (Å²) in [5, 5.41) is 0. The molecular weight excluding hydrogens is 154 g/mol. The molecule has 0 unspecified atom stereocenters. The van der Waals surface area contributed by atoms with Crippen LogP contribution >= 0.6 is 0 Å². The third-order valence-corrected chi connectivity index (χ3v) is 1.94. The van der Waals surface area contributed by atoms with Crippen molar-refractivity contribution < 1.29 is 4.79 Å². The van der Waals surface area contributed by atoms with Crippen molar-refractivity contribution >= 4 is 5.91 Å². The minimum absolute atomic E-state index is 0.277. The van der Waals surface area contributed by atoms with Crippen molar-refractivity contribution in [1.82, 2.24) is 9.55 Å². The number of hydrogen-bond acceptors (Lipinski definition) is 2. The third-order valence-electron chi connectivity index (χ3n) is 1.94. The van der Waals surface area contributed by atoms with Crippen molar-refractivity contribution in [3.8, 4) is 0 Å². The van der Waals surface area contributed by atoms with Crippen molar-refractivity contribution in [2.45, 2.75) is 26.8 Å². The third kappa shape index (κ3) is 1.84. The van der Waals surface area contributed by atoms with Gasteiger partial charge in [0.05, 0.1) is 12.0 Å². The Bertz CT molecular complexity index is 290. The lowest BCUT2D eigenvalue weighted by Crippen LogP contribution is -2.14. The summed E-state index contributed by atoms with van der Waals surface area (Å²) in [5.41, 5.74) is 7.12. The second-order valence-corrected chi connectivity index (χ2v) is 2.83. The van der Waals surface area contributed by atoms with Crippen LogP contribution in [-0.4, -0.2) is 15.5 Å². The van der Waals surface area contributed by atoms with E-state index >= 15 is 0 Å². The molecular formula is C8H13N3O. The molecule has 0 aliphatic heterocycles. The van der Waals surface area contributed by atoms with Gasteiger partial charge in [-0.1, -0.05) is 0 Å². The lowest BCUT2D eigenvalue weighted by Gasteiger charge is -2.02. The Hall–Kier alpha value is -1.32. The molecule has 0 saturated heterocycles. The molecule has 0 aliphatic rings. The fourth-order valence-corrected chi connectivity index (χ4v) is 1.00. The molecule has 2 N–H and O–H groups in total. The molecule has 0 spiro atoms.